The Morgan fingerprint density at radius 2 is 2.36 bits per heavy atom. The molecule has 1 aromatic rings. The van der Waals surface area contributed by atoms with Crippen molar-refractivity contribution >= 4 is 6.29 Å². The Hall–Kier alpha value is -1.19. The number of hydrogen-bond acceptors (Lipinski definition) is 3. The molecule has 14 heavy (non-hydrogen) atoms. The van der Waals surface area contributed by atoms with Crippen molar-refractivity contribution in [2.45, 2.75) is 45.6 Å². The van der Waals surface area contributed by atoms with Gasteiger partial charge >= 0.3 is 0 Å². The summed E-state index contributed by atoms with van der Waals surface area (Å²) < 4.78 is 1.94. The molecule has 0 bridgehead atoms. The molecular weight excluding hydrogens is 178 g/mol. The van der Waals surface area contributed by atoms with Gasteiger partial charge in [-0.15, -0.1) is 0 Å². The topological polar surface area (TPSA) is 47.8 Å². The van der Waals surface area contributed by atoms with Crippen LogP contribution in [0.25, 0.3) is 0 Å². The Labute approximate surface area is 84.3 Å². The molecule has 1 heterocycles. The number of aldehydes is 1. The van der Waals surface area contributed by atoms with Gasteiger partial charge in [-0.3, -0.25) is 4.68 Å². The third-order valence-corrected chi connectivity index (χ3v) is 2.11. The van der Waals surface area contributed by atoms with E-state index in [1.807, 2.05) is 4.68 Å². The first-order valence-corrected chi connectivity index (χ1v) is 5.18. The van der Waals surface area contributed by atoms with E-state index in [4.69, 9.17) is 0 Å². The minimum Gasteiger partial charge on any atom is -0.303 e. The van der Waals surface area contributed by atoms with Gasteiger partial charge in [-0.25, -0.2) is 4.98 Å². The van der Waals surface area contributed by atoms with E-state index < -0.39 is 0 Å². The number of carbonyl (C=O) groups excluding carboxylic acids is 1. The van der Waals surface area contributed by atoms with Crippen LogP contribution in [0.1, 0.15) is 38.4 Å². The van der Waals surface area contributed by atoms with E-state index in [0.717, 1.165) is 44.3 Å². The van der Waals surface area contributed by atoms with Crippen LogP contribution in [0.5, 0.6) is 0 Å². The van der Waals surface area contributed by atoms with Crippen LogP contribution in [0.15, 0.2) is 6.33 Å². The predicted octanol–water partition coefficient (Wildman–Crippen LogP) is 1.60. The van der Waals surface area contributed by atoms with Crippen molar-refractivity contribution in [1.82, 2.24) is 14.8 Å². The summed E-state index contributed by atoms with van der Waals surface area (Å²) >= 11 is 0. The molecule has 0 atom stereocenters. The number of hydrogen-bond donors (Lipinski definition) is 0. The molecule has 4 nitrogen and oxygen atoms in total. The zero-order valence-corrected chi connectivity index (χ0v) is 8.65. The molecule has 0 aliphatic carbocycles. The highest BCUT2D eigenvalue weighted by molar-refractivity contribution is 5.48. The third kappa shape index (κ3) is 3.28. The van der Waals surface area contributed by atoms with Crippen molar-refractivity contribution in [2.75, 3.05) is 0 Å². The Kier molecular flexibility index (Phi) is 4.89. The van der Waals surface area contributed by atoms with Crippen molar-refractivity contribution in [3.63, 3.8) is 0 Å². The fourth-order valence-electron chi connectivity index (χ4n) is 1.38. The third-order valence-electron chi connectivity index (χ3n) is 2.11. The first kappa shape index (κ1) is 10.9. The first-order valence-electron chi connectivity index (χ1n) is 5.18. The number of nitrogens with zero attached hydrogens (tertiary/aromatic N) is 3. The van der Waals surface area contributed by atoms with E-state index in [1.54, 1.807) is 6.33 Å². The predicted molar refractivity (Wildman–Crippen MR) is 53.9 cm³/mol. The smallest absolute Gasteiger partial charge is 0.138 e. The number of aromatic nitrogens is 3. The van der Waals surface area contributed by atoms with Crippen molar-refractivity contribution in [1.29, 1.82) is 0 Å². The van der Waals surface area contributed by atoms with E-state index >= 15 is 0 Å². The van der Waals surface area contributed by atoms with E-state index in [2.05, 4.69) is 17.0 Å². The standard InChI is InChI=1S/C10H17N3O/c1-2-6-10-11-9-12-13(10)7-4-3-5-8-14/h8-9H,2-7H2,1H3. The highest BCUT2D eigenvalue weighted by atomic mass is 16.1. The lowest BCUT2D eigenvalue weighted by Gasteiger charge is -2.03. The van der Waals surface area contributed by atoms with E-state index in [9.17, 15) is 4.79 Å². The van der Waals surface area contributed by atoms with Gasteiger partial charge in [-0.05, 0) is 19.3 Å². The Balaban J connectivity index is 2.33. The average molecular weight is 195 g/mol. The largest absolute Gasteiger partial charge is 0.303 e. The summed E-state index contributed by atoms with van der Waals surface area (Å²) in [6, 6.07) is 0. The van der Waals surface area contributed by atoms with Crippen LogP contribution in [0, 0.1) is 0 Å². The molecule has 0 radical (unpaired) electrons. The number of rotatable bonds is 7. The van der Waals surface area contributed by atoms with Crippen LogP contribution >= 0.6 is 0 Å². The highest BCUT2D eigenvalue weighted by Crippen LogP contribution is 2.02. The van der Waals surface area contributed by atoms with E-state index in [1.165, 1.54) is 0 Å². The second kappa shape index (κ2) is 6.29. The Morgan fingerprint density at radius 1 is 1.50 bits per heavy atom. The van der Waals surface area contributed by atoms with Gasteiger partial charge in [0.25, 0.3) is 0 Å². The van der Waals surface area contributed by atoms with Crippen LogP contribution in [0.2, 0.25) is 0 Å². The molecule has 0 fully saturated rings. The monoisotopic (exact) mass is 195 g/mol. The fraction of sp³-hybridized carbons (Fsp3) is 0.700. The van der Waals surface area contributed by atoms with Gasteiger partial charge in [-0.2, -0.15) is 5.10 Å². The summed E-state index contributed by atoms with van der Waals surface area (Å²) in [4.78, 5) is 14.3. The molecule has 0 N–H and O–H groups in total. The first-order chi connectivity index (χ1) is 6.88. The lowest BCUT2D eigenvalue weighted by Crippen LogP contribution is -2.05. The second-order valence-corrected chi connectivity index (χ2v) is 3.31. The average Bonchev–Trinajstić information content (AvgIpc) is 2.61. The van der Waals surface area contributed by atoms with E-state index in [0.29, 0.717) is 6.42 Å². The van der Waals surface area contributed by atoms with Gasteiger partial charge in [0.15, 0.2) is 0 Å². The molecule has 1 aromatic heterocycles. The zero-order chi connectivity index (χ0) is 10.2. The van der Waals surface area contributed by atoms with Crippen LogP contribution in [-0.2, 0) is 17.8 Å². The molecule has 0 spiro atoms. The van der Waals surface area contributed by atoms with Gasteiger partial charge in [0.05, 0.1) is 0 Å². The van der Waals surface area contributed by atoms with Crippen LogP contribution in [-0.4, -0.2) is 21.1 Å². The van der Waals surface area contributed by atoms with Crippen molar-refractivity contribution in [3.8, 4) is 0 Å². The van der Waals surface area contributed by atoms with Gasteiger partial charge in [0.2, 0.25) is 0 Å². The summed E-state index contributed by atoms with van der Waals surface area (Å²) in [6.07, 6.45) is 7.23. The number of carbonyl (C=O) groups is 1. The maximum atomic E-state index is 10.1. The Bertz CT molecular complexity index is 270. The number of unbranched alkanes of at least 4 members (excludes halogenated alkanes) is 2. The van der Waals surface area contributed by atoms with Crippen molar-refractivity contribution in [3.05, 3.63) is 12.2 Å². The summed E-state index contributed by atoms with van der Waals surface area (Å²) in [6.45, 7) is 3.01. The highest BCUT2D eigenvalue weighted by Gasteiger charge is 2.01. The van der Waals surface area contributed by atoms with Crippen LogP contribution in [0.4, 0.5) is 0 Å². The second-order valence-electron chi connectivity index (χ2n) is 3.31. The molecule has 0 amide bonds. The van der Waals surface area contributed by atoms with Crippen LogP contribution < -0.4 is 0 Å². The summed E-state index contributed by atoms with van der Waals surface area (Å²) in [5.41, 5.74) is 0. The maximum absolute atomic E-state index is 10.1. The Morgan fingerprint density at radius 3 is 3.07 bits per heavy atom. The lowest BCUT2D eigenvalue weighted by molar-refractivity contribution is -0.107. The molecule has 4 heteroatoms. The summed E-state index contributed by atoms with van der Waals surface area (Å²) in [7, 11) is 0. The fourth-order valence-corrected chi connectivity index (χ4v) is 1.38. The van der Waals surface area contributed by atoms with E-state index in [-0.39, 0.29) is 0 Å². The number of aryl methyl sites for hydroxylation is 2. The molecule has 0 aliphatic rings. The minimum absolute atomic E-state index is 0.651. The lowest BCUT2D eigenvalue weighted by atomic mass is 10.2. The molecule has 0 saturated heterocycles. The van der Waals surface area contributed by atoms with Gasteiger partial charge in [-0.1, -0.05) is 6.92 Å². The maximum Gasteiger partial charge on any atom is 0.138 e. The van der Waals surface area contributed by atoms with Crippen molar-refractivity contribution < 1.29 is 4.79 Å². The zero-order valence-electron chi connectivity index (χ0n) is 8.65. The molecule has 0 aliphatic heterocycles. The quantitative estimate of drug-likeness (QED) is 0.490. The van der Waals surface area contributed by atoms with Crippen molar-refractivity contribution in [2.24, 2.45) is 0 Å². The van der Waals surface area contributed by atoms with Gasteiger partial charge in [0.1, 0.15) is 18.4 Å². The molecular formula is C10H17N3O. The van der Waals surface area contributed by atoms with Crippen LogP contribution in [0.3, 0.4) is 0 Å². The molecule has 0 aromatic carbocycles. The van der Waals surface area contributed by atoms with Gasteiger partial charge in [0, 0.05) is 19.4 Å². The SMILES string of the molecule is CCCc1ncnn1CCCCC=O. The molecule has 0 unspecified atom stereocenters. The molecule has 78 valence electrons. The normalized spacial score (nSPS) is 10.4. The summed E-state index contributed by atoms with van der Waals surface area (Å²) in [5.74, 6) is 1.05. The summed E-state index contributed by atoms with van der Waals surface area (Å²) in [5, 5.41) is 4.15. The molecule has 0 saturated carbocycles. The van der Waals surface area contributed by atoms with Gasteiger partial charge < -0.3 is 4.79 Å². The minimum atomic E-state index is 0.651. The molecule has 1 rings (SSSR count).